The van der Waals surface area contributed by atoms with Crippen molar-refractivity contribution in [3.63, 3.8) is 0 Å². The molecule has 0 aromatic heterocycles. The van der Waals surface area contributed by atoms with E-state index in [2.05, 4.69) is 0 Å². The van der Waals surface area contributed by atoms with Gasteiger partial charge < -0.3 is 5.73 Å². The second kappa shape index (κ2) is 3.93. The Kier molecular flexibility index (Phi) is 2.64. The Hall–Kier alpha value is -1.15. The van der Waals surface area contributed by atoms with Crippen molar-refractivity contribution in [1.82, 2.24) is 0 Å². The van der Waals surface area contributed by atoms with Crippen LogP contribution in [0.25, 0.3) is 0 Å². The molecule has 0 bridgehead atoms. The molecule has 1 aliphatic carbocycles. The lowest BCUT2D eigenvalue weighted by Gasteiger charge is -2.26. The molecule has 1 aromatic carbocycles. The highest BCUT2D eigenvalue weighted by atomic mass is 16.1. The minimum Gasteiger partial charge on any atom is -0.318 e. The molecule has 2 rings (SSSR count). The summed E-state index contributed by atoms with van der Waals surface area (Å²) in [6.07, 6.45) is 3.23. The molecule has 74 valence electrons. The highest BCUT2D eigenvalue weighted by Gasteiger charge is 2.29. The summed E-state index contributed by atoms with van der Waals surface area (Å²) in [4.78, 5) is 11.8. The first-order chi connectivity index (χ1) is 6.79. The summed E-state index contributed by atoms with van der Waals surface area (Å²) < 4.78 is 0. The van der Waals surface area contributed by atoms with E-state index in [0.717, 1.165) is 18.4 Å². The number of carbonyl (C=O) groups is 1. The van der Waals surface area contributed by atoms with Crippen molar-refractivity contribution < 1.29 is 4.79 Å². The number of ketones is 1. The zero-order valence-electron chi connectivity index (χ0n) is 8.15. The van der Waals surface area contributed by atoms with Gasteiger partial charge in [-0.05, 0) is 18.4 Å². The van der Waals surface area contributed by atoms with Crippen molar-refractivity contribution in [2.24, 2.45) is 11.7 Å². The molecule has 14 heavy (non-hydrogen) atoms. The van der Waals surface area contributed by atoms with Crippen LogP contribution >= 0.6 is 0 Å². The van der Waals surface area contributed by atoms with Gasteiger partial charge in [0.1, 0.15) is 0 Å². The van der Waals surface area contributed by atoms with E-state index in [1.54, 1.807) is 0 Å². The van der Waals surface area contributed by atoms with Gasteiger partial charge in [-0.2, -0.15) is 0 Å². The summed E-state index contributed by atoms with van der Waals surface area (Å²) >= 11 is 0. The standard InChI is InChI=1S/C12H15NO/c13-11(9-5-2-1-3-6-9)12(14)10-7-4-8-10/h1-3,5-6,10-11H,4,7-8,13H2. The van der Waals surface area contributed by atoms with Crippen LogP contribution in [0.2, 0.25) is 0 Å². The quantitative estimate of drug-likeness (QED) is 0.790. The Balaban J connectivity index is 2.07. The lowest BCUT2D eigenvalue weighted by atomic mass is 9.79. The number of hydrogen-bond acceptors (Lipinski definition) is 2. The molecule has 1 aliphatic rings. The van der Waals surface area contributed by atoms with Gasteiger partial charge in [-0.1, -0.05) is 36.8 Å². The maximum atomic E-state index is 11.8. The van der Waals surface area contributed by atoms with E-state index in [9.17, 15) is 4.79 Å². The first-order valence-electron chi connectivity index (χ1n) is 5.13. The second-order valence-electron chi connectivity index (χ2n) is 3.92. The van der Waals surface area contributed by atoms with Crippen LogP contribution in [0.1, 0.15) is 30.9 Å². The van der Waals surface area contributed by atoms with Crippen LogP contribution in [0.5, 0.6) is 0 Å². The Morgan fingerprint density at radius 1 is 1.29 bits per heavy atom. The SMILES string of the molecule is NC(C(=O)C1CCC1)c1ccccc1. The molecular weight excluding hydrogens is 174 g/mol. The van der Waals surface area contributed by atoms with Gasteiger partial charge in [-0.25, -0.2) is 0 Å². The van der Waals surface area contributed by atoms with Crippen LogP contribution in [0.3, 0.4) is 0 Å². The average molecular weight is 189 g/mol. The highest BCUT2D eigenvalue weighted by Crippen LogP contribution is 2.30. The van der Waals surface area contributed by atoms with Gasteiger partial charge >= 0.3 is 0 Å². The van der Waals surface area contributed by atoms with Crippen LogP contribution in [-0.4, -0.2) is 5.78 Å². The third-order valence-electron chi connectivity index (χ3n) is 2.97. The molecule has 1 unspecified atom stereocenters. The smallest absolute Gasteiger partial charge is 0.157 e. The third kappa shape index (κ3) is 1.70. The summed E-state index contributed by atoms with van der Waals surface area (Å²) in [6, 6.07) is 9.19. The number of benzene rings is 1. The third-order valence-corrected chi connectivity index (χ3v) is 2.97. The van der Waals surface area contributed by atoms with E-state index in [1.165, 1.54) is 6.42 Å². The summed E-state index contributed by atoms with van der Waals surface area (Å²) in [5.74, 6) is 0.438. The van der Waals surface area contributed by atoms with E-state index >= 15 is 0 Å². The molecule has 2 N–H and O–H groups in total. The van der Waals surface area contributed by atoms with Crippen molar-refractivity contribution in [3.05, 3.63) is 35.9 Å². The van der Waals surface area contributed by atoms with E-state index in [-0.39, 0.29) is 11.7 Å². The van der Waals surface area contributed by atoms with E-state index in [0.29, 0.717) is 0 Å². The van der Waals surface area contributed by atoms with Gasteiger partial charge in [0.25, 0.3) is 0 Å². The van der Waals surface area contributed by atoms with E-state index < -0.39 is 6.04 Å². The van der Waals surface area contributed by atoms with Crippen LogP contribution in [0.4, 0.5) is 0 Å². The predicted octanol–water partition coefficient (Wildman–Crippen LogP) is 2.06. The zero-order chi connectivity index (χ0) is 9.97. The van der Waals surface area contributed by atoms with Gasteiger partial charge in [0, 0.05) is 5.92 Å². The predicted molar refractivity (Wildman–Crippen MR) is 55.7 cm³/mol. The zero-order valence-corrected chi connectivity index (χ0v) is 8.15. The summed E-state index contributed by atoms with van der Waals surface area (Å²) in [5, 5.41) is 0. The van der Waals surface area contributed by atoms with Gasteiger partial charge in [-0.3, -0.25) is 4.79 Å². The highest BCUT2D eigenvalue weighted by molar-refractivity contribution is 5.87. The van der Waals surface area contributed by atoms with Crippen LogP contribution in [0.15, 0.2) is 30.3 Å². The van der Waals surface area contributed by atoms with Gasteiger partial charge in [0.05, 0.1) is 6.04 Å². The summed E-state index contributed by atoms with van der Waals surface area (Å²) in [5.41, 5.74) is 6.83. The maximum Gasteiger partial charge on any atom is 0.157 e. The van der Waals surface area contributed by atoms with Gasteiger partial charge in [0.2, 0.25) is 0 Å². The fraction of sp³-hybridized carbons (Fsp3) is 0.417. The first-order valence-corrected chi connectivity index (χ1v) is 5.13. The van der Waals surface area contributed by atoms with Crippen molar-refractivity contribution >= 4 is 5.78 Å². The molecule has 2 heteroatoms. The molecule has 2 nitrogen and oxygen atoms in total. The van der Waals surface area contributed by atoms with Gasteiger partial charge in [0.15, 0.2) is 5.78 Å². The number of Topliss-reactive ketones (excluding diaryl/α,β-unsaturated/α-hetero) is 1. The molecule has 0 aliphatic heterocycles. The molecule has 1 atom stereocenters. The Morgan fingerprint density at radius 2 is 1.93 bits per heavy atom. The topological polar surface area (TPSA) is 43.1 Å². The summed E-state index contributed by atoms with van der Waals surface area (Å²) in [7, 11) is 0. The molecule has 1 fully saturated rings. The van der Waals surface area contributed by atoms with Crippen molar-refractivity contribution in [1.29, 1.82) is 0 Å². The molecule has 0 amide bonds. The molecule has 0 saturated heterocycles. The van der Waals surface area contributed by atoms with Crippen LogP contribution in [0, 0.1) is 5.92 Å². The minimum atomic E-state index is -0.415. The lowest BCUT2D eigenvalue weighted by molar-refractivity contribution is -0.126. The first kappa shape index (κ1) is 9.41. The van der Waals surface area contributed by atoms with Crippen molar-refractivity contribution in [2.75, 3.05) is 0 Å². The minimum absolute atomic E-state index is 0.211. The van der Waals surface area contributed by atoms with Crippen LogP contribution in [-0.2, 0) is 4.79 Å². The van der Waals surface area contributed by atoms with Crippen LogP contribution < -0.4 is 5.73 Å². The maximum absolute atomic E-state index is 11.8. The van der Waals surface area contributed by atoms with Gasteiger partial charge in [-0.15, -0.1) is 0 Å². The molecule has 0 radical (unpaired) electrons. The molecule has 0 heterocycles. The largest absolute Gasteiger partial charge is 0.318 e. The number of nitrogens with two attached hydrogens (primary N) is 1. The fourth-order valence-corrected chi connectivity index (χ4v) is 1.77. The average Bonchev–Trinajstić information content (AvgIpc) is 2.15. The number of rotatable bonds is 3. The Labute approximate surface area is 84.1 Å². The van der Waals surface area contributed by atoms with E-state index in [4.69, 9.17) is 5.73 Å². The number of hydrogen-bond donors (Lipinski definition) is 1. The van der Waals surface area contributed by atoms with Crippen molar-refractivity contribution in [3.8, 4) is 0 Å². The fourth-order valence-electron chi connectivity index (χ4n) is 1.77. The lowest BCUT2D eigenvalue weighted by Crippen LogP contribution is -2.31. The van der Waals surface area contributed by atoms with E-state index in [1.807, 2.05) is 30.3 Å². The molecule has 1 saturated carbocycles. The monoisotopic (exact) mass is 189 g/mol. The summed E-state index contributed by atoms with van der Waals surface area (Å²) in [6.45, 7) is 0. The number of carbonyl (C=O) groups excluding carboxylic acids is 1. The second-order valence-corrected chi connectivity index (χ2v) is 3.92. The molecule has 1 aromatic rings. The normalized spacial score (nSPS) is 18.6. The molecular formula is C12H15NO. The Bertz CT molecular complexity index is 316. The Morgan fingerprint density at radius 3 is 2.43 bits per heavy atom. The van der Waals surface area contributed by atoms with Crippen molar-refractivity contribution in [2.45, 2.75) is 25.3 Å². The molecule has 0 spiro atoms.